The molecule has 1 saturated heterocycles. The van der Waals surface area contributed by atoms with E-state index >= 15 is 0 Å². The number of nitrogens with zero attached hydrogens (tertiary/aromatic N) is 3. The first-order chi connectivity index (χ1) is 12.9. The molecule has 2 atom stereocenters. The van der Waals surface area contributed by atoms with Crippen LogP contribution in [0.2, 0.25) is 0 Å². The molecular weight excluding hydrogens is 344 g/mol. The summed E-state index contributed by atoms with van der Waals surface area (Å²) in [6.45, 7) is 9.20. The van der Waals surface area contributed by atoms with E-state index in [0.717, 1.165) is 12.1 Å². The van der Waals surface area contributed by atoms with Gasteiger partial charge in [-0.05, 0) is 38.8 Å². The van der Waals surface area contributed by atoms with Crippen molar-refractivity contribution >= 4 is 17.7 Å². The Morgan fingerprint density at radius 1 is 1.22 bits per heavy atom. The van der Waals surface area contributed by atoms with Gasteiger partial charge in [-0.25, -0.2) is 0 Å². The van der Waals surface area contributed by atoms with Crippen molar-refractivity contribution in [1.29, 1.82) is 0 Å². The number of amides is 3. The number of rotatable bonds is 7. The average Bonchev–Trinajstić information content (AvgIpc) is 3.11. The Labute approximate surface area is 161 Å². The number of aromatic nitrogens is 1. The average molecular weight is 374 g/mol. The number of nitrogens with one attached hydrogen (secondary N) is 1. The molecule has 27 heavy (non-hydrogen) atoms. The van der Waals surface area contributed by atoms with Crippen molar-refractivity contribution in [2.24, 2.45) is 0 Å². The van der Waals surface area contributed by atoms with Gasteiger partial charge in [-0.1, -0.05) is 13.8 Å². The molecule has 3 amide bonds. The first-order valence-corrected chi connectivity index (χ1v) is 9.79. The molecule has 2 rings (SSSR count). The van der Waals surface area contributed by atoms with Crippen LogP contribution in [0.15, 0.2) is 18.3 Å². The molecule has 0 saturated carbocycles. The maximum atomic E-state index is 12.8. The van der Waals surface area contributed by atoms with Crippen LogP contribution >= 0.6 is 0 Å². The highest BCUT2D eigenvalue weighted by Gasteiger charge is 2.40. The molecule has 0 radical (unpaired) electrons. The van der Waals surface area contributed by atoms with Gasteiger partial charge in [0, 0.05) is 49.6 Å². The summed E-state index contributed by atoms with van der Waals surface area (Å²) in [7, 11) is 0. The van der Waals surface area contributed by atoms with Crippen molar-refractivity contribution in [2.75, 3.05) is 19.6 Å². The van der Waals surface area contributed by atoms with Crippen LogP contribution in [0.4, 0.5) is 0 Å². The van der Waals surface area contributed by atoms with E-state index in [4.69, 9.17) is 0 Å². The molecule has 7 nitrogen and oxygen atoms in total. The minimum absolute atomic E-state index is 0.0456. The first kappa shape index (κ1) is 20.9. The molecule has 1 aliphatic heterocycles. The van der Waals surface area contributed by atoms with Crippen LogP contribution < -0.4 is 5.32 Å². The second-order valence-electron chi connectivity index (χ2n) is 6.72. The van der Waals surface area contributed by atoms with Crippen molar-refractivity contribution in [3.8, 4) is 0 Å². The molecule has 1 aliphatic rings. The zero-order valence-electron chi connectivity index (χ0n) is 16.7. The van der Waals surface area contributed by atoms with Crippen LogP contribution in [-0.2, 0) is 16.0 Å². The molecule has 0 bridgehead atoms. The molecule has 0 spiro atoms. The lowest BCUT2D eigenvalue weighted by Gasteiger charge is -2.28. The Bertz CT molecular complexity index is 688. The Kier molecular flexibility index (Phi) is 7.33. The fourth-order valence-corrected chi connectivity index (χ4v) is 3.48. The Hall–Kier alpha value is -2.44. The molecule has 1 N–H and O–H groups in total. The summed E-state index contributed by atoms with van der Waals surface area (Å²) >= 11 is 0. The van der Waals surface area contributed by atoms with E-state index in [-0.39, 0.29) is 23.8 Å². The van der Waals surface area contributed by atoms with Gasteiger partial charge in [-0.3, -0.25) is 19.4 Å². The fraction of sp³-hybridized carbons (Fsp3) is 0.600. The van der Waals surface area contributed by atoms with Gasteiger partial charge in [-0.15, -0.1) is 0 Å². The van der Waals surface area contributed by atoms with E-state index in [2.05, 4.69) is 10.3 Å². The second-order valence-corrected chi connectivity index (χ2v) is 6.72. The lowest BCUT2D eigenvalue weighted by molar-refractivity contribution is -0.143. The zero-order valence-corrected chi connectivity index (χ0v) is 16.7. The number of likely N-dealkylation sites (tertiary alicyclic amines) is 1. The van der Waals surface area contributed by atoms with Gasteiger partial charge in [0.05, 0.1) is 0 Å². The predicted octanol–water partition coefficient (Wildman–Crippen LogP) is 1.62. The normalized spacial score (nSPS) is 19.0. The number of likely N-dealkylation sites (N-methyl/N-ethyl adjacent to an activating group) is 1. The summed E-state index contributed by atoms with van der Waals surface area (Å²) in [5.41, 5.74) is 1.40. The van der Waals surface area contributed by atoms with E-state index in [1.54, 1.807) is 35.1 Å². The zero-order chi connectivity index (χ0) is 20.0. The Morgan fingerprint density at radius 3 is 2.52 bits per heavy atom. The largest absolute Gasteiger partial charge is 0.347 e. The number of pyridine rings is 1. The van der Waals surface area contributed by atoms with Crippen molar-refractivity contribution in [3.63, 3.8) is 0 Å². The van der Waals surface area contributed by atoms with Gasteiger partial charge in [0.15, 0.2) is 0 Å². The highest BCUT2D eigenvalue weighted by molar-refractivity contribution is 5.95. The monoisotopic (exact) mass is 374 g/mol. The van der Waals surface area contributed by atoms with Crippen molar-refractivity contribution in [3.05, 3.63) is 29.6 Å². The molecule has 7 heteroatoms. The second kappa shape index (κ2) is 9.48. The number of hydrogen-bond acceptors (Lipinski definition) is 4. The SMILES string of the molecule is CCC(=O)N1C[C@H](NC(=O)c2ccnc(CC)c2)C[C@H]1C(=O)N(CC)CC. The van der Waals surface area contributed by atoms with Crippen molar-refractivity contribution < 1.29 is 14.4 Å². The third kappa shape index (κ3) is 4.84. The standard InChI is InChI=1S/C20H30N4O3/c1-5-15-11-14(9-10-21-15)19(26)22-16-12-17(20(27)23(7-3)8-4)24(13-16)18(25)6-2/h9-11,16-17H,5-8,12-13H2,1-4H3,(H,22,26)/t16-,17+/m1/s1. The highest BCUT2D eigenvalue weighted by atomic mass is 16.2. The minimum Gasteiger partial charge on any atom is -0.347 e. The quantitative estimate of drug-likeness (QED) is 0.786. The third-order valence-electron chi connectivity index (χ3n) is 5.06. The Balaban J connectivity index is 2.13. The van der Waals surface area contributed by atoms with Crippen LogP contribution in [0.1, 0.15) is 56.6 Å². The number of hydrogen-bond donors (Lipinski definition) is 1. The molecule has 0 aliphatic carbocycles. The van der Waals surface area contributed by atoms with Crippen molar-refractivity contribution in [2.45, 2.75) is 59.0 Å². The summed E-state index contributed by atoms with van der Waals surface area (Å²) in [4.78, 5) is 45.3. The summed E-state index contributed by atoms with van der Waals surface area (Å²) in [5.74, 6) is -0.304. The van der Waals surface area contributed by atoms with E-state index in [0.29, 0.717) is 38.0 Å². The van der Waals surface area contributed by atoms with E-state index in [1.807, 2.05) is 20.8 Å². The molecule has 1 fully saturated rings. The van der Waals surface area contributed by atoms with Gasteiger partial charge >= 0.3 is 0 Å². The summed E-state index contributed by atoms with van der Waals surface area (Å²) < 4.78 is 0. The third-order valence-corrected chi connectivity index (χ3v) is 5.06. The van der Waals surface area contributed by atoms with Crippen LogP contribution in [0.3, 0.4) is 0 Å². The van der Waals surface area contributed by atoms with Gasteiger partial charge < -0.3 is 15.1 Å². The van der Waals surface area contributed by atoms with Gasteiger partial charge in [0.25, 0.3) is 5.91 Å². The Morgan fingerprint density at radius 2 is 1.93 bits per heavy atom. The van der Waals surface area contributed by atoms with E-state index in [1.165, 1.54) is 0 Å². The predicted molar refractivity (Wildman–Crippen MR) is 103 cm³/mol. The van der Waals surface area contributed by atoms with Gasteiger partial charge in [0.1, 0.15) is 6.04 Å². The van der Waals surface area contributed by atoms with Gasteiger partial charge in [0.2, 0.25) is 11.8 Å². The van der Waals surface area contributed by atoms with Crippen LogP contribution in [0, 0.1) is 0 Å². The van der Waals surface area contributed by atoms with E-state index < -0.39 is 6.04 Å². The number of carbonyl (C=O) groups excluding carboxylic acids is 3. The fourth-order valence-electron chi connectivity index (χ4n) is 3.48. The summed E-state index contributed by atoms with van der Waals surface area (Å²) in [6, 6.07) is 2.71. The number of aryl methyl sites for hydroxylation is 1. The topological polar surface area (TPSA) is 82.6 Å². The number of carbonyl (C=O) groups is 3. The lowest BCUT2D eigenvalue weighted by Crippen LogP contribution is -2.47. The van der Waals surface area contributed by atoms with Gasteiger partial charge in [-0.2, -0.15) is 0 Å². The van der Waals surface area contributed by atoms with Crippen LogP contribution in [-0.4, -0.2) is 64.2 Å². The minimum atomic E-state index is -0.508. The van der Waals surface area contributed by atoms with Crippen LogP contribution in [0.25, 0.3) is 0 Å². The van der Waals surface area contributed by atoms with Crippen LogP contribution in [0.5, 0.6) is 0 Å². The summed E-state index contributed by atoms with van der Waals surface area (Å²) in [6.07, 6.45) is 3.16. The molecule has 0 unspecified atom stereocenters. The molecule has 1 aromatic heterocycles. The first-order valence-electron chi connectivity index (χ1n) is 9.79. The highest BCUT2D eigenvalue weighted by Crippen LogP contribution is 2.21. The maximum Gasteiger partial charge on any atom is 0.251 e. The molecule has 2 heterocycles. The molecule has 148 valence electrons. The van der Waals surface area contributed by atoms with E-state index in [9.17, 15) is 14.4 Å². The van der Waals surface area contributed by atoms with Crippen molar-refractivity contribution in [1.82, 2.24) is 20.1 Å². The summed E-state index contributed by atoms with van der Waals surface area (Å²) in [5, 5.41) is 2.98. The molecular formula is C20H30N4O3. The smallest absolute Gasteiger partial charge is 0.251 e. The maximum absolute atomic E-state index is 12.8. The molecule has 1 aromatic rings. The lowest BCUT2D eigenvalue weighted by atomic mass is 10.1. The molecule has 0 aromatic carbocycles.